The van der Waals surface area contributed by atoms with Crippen LogP contribution in [0.15, 0.2) is 12.1 Å². The van der Waals surface area contributed by atoms with Crippen LogP contribution in [0.25, 0.3) is 0 Å². The maximum absolute atomic E-state index is 6.01. The number of halogens is 1. The van der Waals surface area contributed by atoms with Crippen LogP contribution in [-0.4, -0.2) is 12.6 Å². The van der Waals surface area contributed by atoms with Crippen molar-refractivity contribution in [2.45, 2.75) is 45.6 Å². The van der Waals surface area contributed by atoms with Gasteiger partial charge in [0.05, 0.1) is 4.34 Å². The third-order valence-electron chi connectivity index (χ3n) is 3.80. The van der Waals surface area contributed by atoms with Gasteiger partial charge in [-0.3, -0.25) is 0 Å². The van der Waals surface area contributed by atoms with Gasteiger partial charge in [0.2, 0.25) is 0 Å². The highest BCUT2D eigenvalue weighted by Gasteiger charge is 2.28. The van der Waals surface area contributed by atoms with E-state index in [2.05, 4.69) is 25.2 Å². The molecular weight excluding hydrogens is 250 g/mol. The molecule has 96 valence electrons. The molecule has 1 fully saturated rings. The van der Waals surface area contributed by atoms with Crippen LogP contribution in [0.1, 0.15) is 38.0 Å². The second-order valence-corrected chi connectivity index (χ2v) is 7.05. The Morgan fingerprint density at radius 2 is 2.24 bits per heavy atom. The Labute approximate surface area is 114 Å². The summed E-state index contributed by atoms with van der Waals surface area (Å²) in [5, 5.41) is 3.65. The molecule has 0 bridgehead atoms. The van der Waals surface area contributed by atoms with Crippen LogP contribution in [0.4, 0.5) is 0 Å². The Balaban J connectivity index is 1.99. The predicted octanol–water partition coefficient (Wildman–Crippen LogP) is 4.36. The van der Waals surface area contributed by atoms with Crippen molar-refractivity contribution < 1.29 is 0 Å². The molecule has 3 atom stereocenters. The van der Waals surface area contributed by atoms with Gasteiger partial charge in [0.25, 0.3) is 0 Å². The first kappa shape index (κ1) is 13.4. The zero-order valence-electron chi connectivity index (χ0n) is 10.7. The molecule has 0 radical (unpaired) electrons. The quantitative estimate of drug-likeness (QED) is 0.858. The summed E-state index contributed by atoms with van der Waals surface area (Å²) in [7, 11) is 0. The molecule has 2 rings (SSSR count). The van der Waals surface area contributed by atoms with Gasteiger partial charge in [0.1, 0.15) is 0 Å². The van der Waals surface area contributed by atoms with Crippen LogP contribution in [0.3, 0.4) is 0 Å². The number of hydrogen-bond acceptors (Lipinski definition) is 2. The van der Waals surface area contributed by atoms with E-state index in [1.54, 1.807) is 11.3 Å². The lowest BCUT2D eigenvalue weighted by Crippen LogP contribution is -2.41. The minimum atomic E-state index is 0.706. The summed E-state index contributed by atoms with van der Waals surface area (Å²) < 4.78 is 0.920. The van der Waals surface area contributed by atoms with Crippen molar-refractivity contribution in [1.82, 2.24) is 5.32 Å². The molecular formula is C14H22ClNS. The summed E-state index contributed by atoms with van der Waals surface area (Å²) in [6, 6.07) is 4.92. The average molecular weight is 272 g/mol. The standard InChI is InChI=1S/C14H22ClNS/c1-3-16-13-6-4-10(2)8-11(13)9-12-5-7-14(15)17-12/h5,7,10-11,13,16H,3-4,6,8-9H2,1-2H3. The van der Waals surface area contributed by atoms with E-state index in [0.717, 1.165) is 22.7 Å². The van der Waals surface area contributed by atoms with Gasteiger partial charge in [-0.15, -0.1) is 11.3 Å². The van der Waals surface area contributed by atoms with Crippen molar-refractivity contribution in [3.05, 3.63) is 21.3 Å². The highest BCUT2D eigenvalue weighted by molar-refractivity contribution is 7.16. The number of hydrogen-bond donors (Lipinski definition) is 1. The summed E-state index contributed by atoms with van der Waals surface area (Å²) in [5.74, 6) is 1.67. The third-order valence-corrected chi connectivity index (χ3v) is 5.06. The van der Waals surface area contributed by atoms with Crippen molar-refractivity contribution in [3.8, 4) is 0 Å². The molecule has 1 N–H and O–H groups in total. The van der Waals surface area contributed by atoms with E-state index in [1.165, 1.54) is 30.6 Å². The fraction of sp³-hybridized carbons (Fsp3) is 0.714. The second-order valence-electron chi connectivity index (χ2n) is 5.25. The topological polar surface area (TPSA) is 12.0 Å². The molecule has 1 aliphatic carbocycles. The van der Waals surface area contributed by atoms with E-state index < -0.39 is 0 Å². The molecule has 1 aliphatic rings. The van der Waals surface area contributed by atoms with Crippen molar-refractivity contribution in [1.29, 1.82) is 0 Å². The third kappa shape index (κ3) is 3.70. The van der Waals surface area contributed by atoms with Crippen LogP contribution >= 0.6 is 22.9 Å². The van der Waals surface area contributed by atoms with E-state index >= 15 is 0 Å². The molecule has 1 aromatic rings. The van der Waals surface area contributed by atoms with E-state index in [0.29, 0.717) is 6.04 Å². The number of rotatable bonds is 4. The van der Waals surface area contributed by atoms with Crippen LogP contribution < -0.4 is 5.32 Å². The van der Waals surface area contributed by atoms with E-state index in [4.69, 9.17) is 11.6 Å². The van der Waals surface area contributed by atoms with Gasteiger partial charge in [0, 0.05) is 10.9 Å². The minimum Gasteiger partial charge on any atom is -0.314 e. The SMILES string of the molecule is CCNC1CCC(C)CC1Cc1ccc(Cl)s1. The van der Waals surface area contributed by atoms with Gasteiger partial charge in [-0.05, 0) is 56.2 Å². The van der Waals surface area contributed by atoms with Crippen LogP contribution in [0.2, 0.25) is 4.34 Å². The van der Waals surface area contributed by atoms with E-state index in [9.17, 15) is 0 Å². The molecule has 0 aliphatic heterocycles. The lowest BCUT2D eigenvalue weighted by molar-refractivity contribution is 0.215. The lowest BCUT2D eigenvalue weighted by Gasteiger charge is -2.35. The van der Waals surface area contributed by atoms with Gasteiger partial charge < -0.3 is 5.32 Å². The second kappa shape index (κ2) is 6.21. The monoisotopic (exact) mass is 271 g/mol. The molecule has 1 aromatic heterocycles. The summed E-state index contributed by atoms with van der Waals surface area (Å²) >= 11 is 7.75. The average Bonchev–Trinajstić information content (AvgIpc) is 2.68. The summed E-state index contributed by atoms with van der Waals surface area (Å²) in [6.45, 7) is 5.68. The van der Waals surface area contributed by atoms with Gasteiger partial charge >= 0.3 is 0 Å². The smallest absolute Gasteiger partial charge is 0.0931 e. The minimum absolute atomic E-state index is 0.706. The van der Waals surface area contributed by atoms with Crippen LogP contribution in [0.5, 0.6) is 0 Å². The van der Waals surface area contributed by atoms with Gasteiger partial charge in [-0.2, -0.15) is 0 Å². The maximum atomic E-state index is 6.01. The lowest BCUT2D eigenvalue weighted by atomic mass is 9.77. The van der Waals surface area contributed by atoms with Gasteiger partial charge in [-0.1, -0.05) is 25.4 Å². The highest BCUT2D eigenvalue weighted by Crippen LogP contribution is 2.33. The highest BCUT2D eigenvalue weighted by atomic mass is 35.5. The van der Waals surface area contributed by atoms with Crippen molar-refractivity contribution in [2.75, 3.05) is 6.54 Å². The molecule has 3 unspecified atom stereocenters. The molecule has 1 saturated carbocycles. The van der Waals surface area contributed by atoms with Crippen LogP contribution in [-0.2, 0) is 6.42 Å². The maximum Gasteiger partial charge on any atom is 0.0931 e. The number of thiophene rings is 1. The fourth-order valence-corrected chi connectivity index (χ4v) is 4.16. The number of nitrogens with one attached hydrogen (secondary N) is 1. The van der Waals surface area contributed by atoms with E-state index in [-0.39, 0.29) is 0 Å². The molecule has 0 spiro atoms. The summed E-state index contributed by atoms with van der Waals surface area (Å²) in [4.78, 5) is 1.44. The predicted molar refractivity (Wildman–Crippen MR) is 77.0 cm³/mol. The summed E-state index contributed by atoms with van der Waals surface area (Å²) in [5.41, 5.74) is 0. The Hall–Kier alpha value is -0.0500. The molecule has 0 aromatic carbocycles. The fourth-order valence-electron chi connectivity index (χ4n) is 2.98. The molecule has 3 heteroatoms. The molecule has 17 heavy (non-hydrogen) atoms. The molecule has 1 nitrogen and oxygen atoms in total. The normalized spacial score (nSPS) is 29.5. The Morgan fingerprint density at radius 1 is 1.41 bits per heavy atom. The first-order chi connectivity index (χ1) is 8.19. The van der Waals surface area contributed by atoms with E-state index in [1.807, 2.05) is 6.07 Å². The molecule has 0 saturated heterocycles. The van der Waals surface area contributed by atoms with Crippen molar-refractivity contribution in [3.63, 3.8) is 0 Å². The zero-order chi connectivity index (χ0) is 12.3. The Morgan fingerprint density at radius 3 is 2.88 bits per heavy atom. The first-order valence-electron chi connectivity index (χ1n) is 6.66. The zero-order valence-corrected chi connectivity index (χ0v) is 12.3. The van der Waals surface area contributed by atoms with Gasteiger partial charge in [0.15, 0.2) is 0 Å². The van der Waals surface area contributed by atoms with Crippen LogP contribution in [0, 0.1) is 11.8 Å². The first-order valence-corrected chi connectivity index (χ1v) is 7.86. The molecule has 0 amide bonds. The Kier molecular flexibility index (Phi) is 4.89. The Bertz CT molecular complexity index is 350. The largest absolute Gasteiger partial charge is 0.314 e. The van der Waals surface area contributed by atoms with Crippen molar-refractivity contribution in [2.24, 2.45) is 11.8 Å². The summed E-state index contributed by atoms with van der Waals surface area (Å²) in [6.07, 6.45) is 5.25. The van der Waals surface area contributed by atoms with Gasteiger partial charge in [-0.25, -0.2) is 0 Å². The molecule has 1 heterocycles. The van der Waals surface area contributed by atoms with Crippen molar-refractivity contribution >= 4 is 22.9 Å².